The molecule has 2 aliphatic carbocycles. The molecule has 0 saturated heterocycles. The Morgan fingerprint density at radius 1 is 1.26 bits per heavy atom. The minimum Gasteiger partial charge on any atom is -0.469 e. The van der Waals surface area contributed by atoms with Gasteiger partial charge in [-0.05, 0) is 66.5 Å². The molecule has 0 N–H and O–H groups in total. The summed E-state index contributed by atoms with van der Waals surface area (Å²) in [4.78, 5) is 12.5. The van der Waals surface area contributed by atoms with Crippen molar-refractivity contribution in [3.8, 4) is 0 Å². The molecule has 0 heterocycles. The third-order valence-electron chi connectivity index (χ3n) is 6.70. The van der Waals surface area contributed by atoms with Gasteiger partial charge in [0.1, 0.15) is 0 Å². The van der Waals surface area contributed by atoms with E-state index in [0.29, 0.717) is 11.8 Å². The first-order valence-corrected chi connectivity index (χ1v) is 9.04. The van der Waals surface area contributed by atoms with E-state index in [1.165, 1.54) is 30.2 Å². The van der Waals surface area contributed by atoms with Gasteiger partial charge in [0.25, 0.3) is 0 Å². The maximum absolute atomic E-state index is 12.5. The van der Waals surface area contributed by atoms with Gasteiger partial charge in [-0.25, -0.2) is 0 Å². The average molecular weight is 314 g/mol. The van der Waals surface area contributed by atoms with Crippen molar-refractivity contribution in [2.75, 3.05) is 7.11 Å². The summed E-state index contributed by atoms with van der Waals surface area (Å²) in [6.45, 7) is 9.02. The Labute approximate surface area is 140 Å². The van der Waals surface area contributed by atoms with Crippen molar-refractivity contribution in [2.45, 2.75) is 71.1 Å². The number of rotatable bonds is 2. The van der Waals surface area contributed by atoms with E-state index in [2.05, 4.69) is 45.9 Å². The number of aryl methyl sites for hydroxylation is 1. The predicted octanol–water partition coefficient (Wildman–Crippen LogP) is 4.99. The van der Waals surface area contributed by atoms with Crippen LogP contribution in [0.1, 0.15) is 76.0 Å². The van der Waals surface area contributed by atoms with Crippen LogP contribution in [0, 0.1) is 11.3 Å². The Bertz CT molecular complexity index is 618. The number of hydrogen-bond donors (Lipinski definition) is 0. The van der Waals surface area contributed by atoms with Gasteiger partial charge in [0.15, 0.2) is 0 Å². The third kappa shape index (κ3) is 2.42. The smallest absolute Gasteiger partial charge is 0.311 e. The molecule has 0 unspecified atom stereocenters. The molecular weight excluding hydrogens is 284 g/mol. The molecule has 23 heavy (non-hydrogen) atoms. The lowest BCUT2D eigenvalue weighted by atomic mass is 9.49. The van der Waals surface area contributed by atoms with E-state index < -0.39 is 0 Å². The SMILES string of the molecule is COC(=O)[C@@]1(C)CCC[C@]2(C)c3ccc(C(C)C)cc3CC[C@@H]12. The molecule has 0 spiro atoms. The number of esters is 1. The van der Waals surface area contributed by atoms with Crippen LogP contribution in [-0.2, 0) is 21.4 Å². The molecule has 0 aromatic heterocycles. The van der Waals surface area contributed by atoms with E-state index >= 15 is 0 Å². The van der Waals surface area contributed by atoms with Gasteiger partial charge in [0.2, 0.25) is 0 Å². The quantitative estimate of drug-likeness (QED) is 0.719. The Morgan fingerprint density at radius 2 is 2.00 bits per heavy atom. The maximum Gasteiger partial charge on any atom is 0.311 e. The largest absolute Gasteiger partial charge is 0.469 e. The van der Waals surface area contributed by atoms with Gasteiger partial charge in [0.05, 0.1) is 12.5 Å². The second-order valence-electron chi connectivity index (χ2n) is 8.34. The van der Waals surface area contributed by atoms with Crippen LogP contribution in [-0.4, -0.2) is 13.1 Å². The Balaban J connectivity index is 2.06. The predicted molar refractivity (Wildman–Crippen MR) is 93.7 cm³/mol. The molecule has 2 nitrogen and oxygen atoms in total. The molecule has 126 valence electrons. The molecule has 0 aliphatic heterocycles. The van der Waals surface area contributed by atoms with Crippen LogP contribution in [0.15, 0.2) is 18.2 Å². The Morgan fingerprint density at radius 3 is 2.65 bits per heavy atom. The summed E-state index contributed by atoms with van der Waals surface area (Å²) in [5, 5.41) is 0. The van der Waals surface area contributed by atoms with Gasteiger partial charge in [0, 0.05) is 0 Å². The average Bonchev–Trinajstić information content (AvgIpc) is 2.53. The Hall–Kier alpha value is -1.31. The van der Waals surface area contributed by atoms with Crippen molar-refractivity contribution in [1.82, 2.24) is 0 Å². The summed E-state index contributed by atoms with van der Waals surface area (Å²) >= 11 is 0. The van der Waals surface area contributed by atoms with Gasteiger partial charge in [-0.2, -0.15) is 0 Å². The molecule has 1 fully saturated rings. The van der Waals surface area contributed by atoms with Crippen LogP contribution in [0.5, 0.6) is 0 Å². The van der Waals surface area contributed by atoms with Gasteiger partial charge in [-0.1, -0.05) is 45.4 Å². The summed E-state index contributed by atoms with van der Waals surface area (Å²) in [6, 6.07) is 7.05. The number of hydrogen-bond acceptors (Lipinski definition) is 2. The molecule has 1 aromatic carbocycles. The van der Waals surface area contributed by atoms with Crippen molar-refractivity contribution in [3.63, 3.8) is 0 Å². The monoisotopic (exact) mass is 314 g/mol. The number of carbonyl (C=O) groups is 1. The van der Waals surface area contributed by atoms with Gasteiger partial charge in [-0.3, -0.25) is 4.79 Å². The van der Waals surface area contributed by atoms with E-state index in [1.807, 2.05) is 0 Å². The van der Waals surface area contributed by atoms with Crippen LogP contribution in [0.4, 0.5) is 0 Å². The number of methoxy groups -OCH3 is 1. The van der Waals surface area contributed by atoms with Crippen LogP contribution in [0.3, 0.4) is 0 Å². The summed E-state index contributed by atoms with van der Waals surface area (Å²) in [5.74, 6) is 0.932. The first-order valence-electron chi connectivity index (χ1n) is 9.04. The zero-order chi connectivity index (χ0) is 16.8. The summed E-state index contributed by atoms with van der Waals surface area (Å²) in [6.07, 6.45) is 5.42. The summed E-state index contributed by atoms with van der Waals surface area (Å²) in [7, 11) is 1.53. The fourth-order valence-electron chi connectivity index (χ4n) is 5.35. The highest BCUT2D eigenvalue weighted by molar-refractivity contribution is 5.77. The first kappa shape index (κ1) is 16.5. The molecular formula is C21H30O2. The number of benzene rings is 1. The van der Waals surface area contributed by atoms with Crippen molar-refractivity contribution < 1.29 is 9.53 Å². The van der Waals surface area contributed by atoms with Crippen molar-refractivity contribution in [2.24, 2.45) is 11.3 Å². The number of fused-ring (bicyclic) bond motifs is 3. The van der Waals surface area contributed by atoms with Crippen LogP contribution >= 0.6 is 0 Å². The highest BCUT2D eigenvalue weighted by Gasteiger charge is 2.55. The number of ether oxygens (including phenoxy) is 1. The van der Waals surface area contributed by atoms with E-state index in [9.17, 15) is 4.79 Å². The minimum absolute atomic E-state index is 0.0179. The second-order valence-corrected chi connectivity index (χ2v) is 8.34. The molecule has 2 heteroatoms. The fourth-order valence-corrected chi connectivity index (χ4v) is 5.35. The van der Waals surface area contributed by atoms with E-state index in [4.69, 9.17) is 4.74 Å². The molecule has 0 bridgehead atoms. The minimum atomic E-state index is -0.337. The second kappa shape index (κ2) is 5.65. The molecule has 0 radical (unpaired) electrons. The summed E-state index contributed by atoms with van der Waals surface area (Å²) < 4.78 is 5.19. The molecule has 1 saturated carbocycles. The van der Waals surface area contributed by atoms with Gasteiger partial charge >= 0.3 is 5.97 Å². The Kier molecular flexibility index (Phi) is 4.06. The maximum atomic E-state index is 12.5. The highest BCUT2D eigenvalue weighted by atomic mass is 16.5. The normalized spacial score (nSPS) is 33.0. The lowest BCUT2D eigenvalue weighted by Crippen LogP contribution is -2.52. The molecule has 3 rings (SSSR count). The van der Waals surface area contributed by atoms with Crippen molar-refractivity contribution in [1.29, 1.82) is 0 Å². The molecule has 0 amide bonds. The van der Waals surface area contributed by atoms with Crippen molar-refractivity contribution >= 4 is 5.97 Å². The van der Waals surface area contributed by atoms with Crippen molar-refractivity contribution in [3.05, 3.63) is 34.9 Å². The van der Waals surface area contributed by atoms with E-state index in [1.54, 1.807) is 0 Å². The number of carbonyl (C=O) groups excluding carboxylic acids is 1. The topological polar surface area (TPSA) is 26.3 Å². The fraction of sp³-hybridized carbons (Fsp3) is 0.667. The zero-order valence-corrected chi connectivity index (χ0v) is 15.2. The summed E-state index contributed by atoms with van der Waals surface area (Å²) in [5.41, 5.74) is 4.18. The molecule has 1 aromatic rings. The lowest BCUT2D eigenvalue weighted by Gasteiger charge is -2.54. The first-order chi connectivity index (χ1) is 10.8. The van der Waals surface area contributed by atoms with Gasteiger partial charge in [-0.15, -0.1) is 0 Å². The molecule has 3 atom stereocenters. The molecule has 2 aliphatic rings. The van der Waals surface area contributed by atoms with E-state index in [-0.39, 0.29) is 16.8 Å². The zero-order valence-electron chi connectivity index (χ0n) is 15.2. The van der Waals surface area contributed by atoms with Gasteiger partial charge < -0.3 is 4.74 Å². The van der Waals surface area contributed by atoms with E-state index in [0.717, 1.165) is 25.7 Å². The standard InChI is InChI=1S/C21H30O2/c1-14(2)15-7-9-17-16(13-15)8-10-18-20(17,3)11-6-12-21(18,4)19(22)23-5/h7,9,13-14,18H,6,8,10-12H2,1-5H3/t18-,20-,21+/m1/s1. The van der Waals surface area contributed by atoms with Crippen LogP contribution < -0.4 is 0 Å². The highest BCUT2D eigenvalue weighted by Crippen LogP contribution is 2.57. The lowest BCUT2D eigenvalue weighted by molar-refractivity contribution is -0.161. The van der Waals surface area contributed by atoms with Crippen LogP contribution in [0.2, 0.25) is 0 Å². The van der Waals surface area contributed by atoms with Crippen LogP contribution in [0.25, 0.3) is 0 Å². The third-order valence-corrected chi connectivity index (χ3v) is 6.70.